The molecule has 1 atom stereocenters. The molecule has 0 radical (unpaired) electrons. The maximum absolute atomic E-state index is 13.3. The molecule has 6 nitrogen and oxygen atoms in total. The summed E-state index contributed by atoms with van der Waals surface area (Å²) in [5, 5.41) is 11.3. The number of anilines is 1. The van der Waals surface area contributed by atoms with Gasteiger partial charge in [-0.3, -0.25) is 9.69 Å². The Balaban J connectivity index is 1.78. The zero-order valence-corrected chi connectivity index (χ0v) is 19.8. The monoisotopic (exact) mass is 497 g/mol. The number of hydrogen-bond acceptors (Lipinski definition) is 5. The molecule has 0 aliphatic heterocycles. The van der Waals surface area contributed by atoms with Crippen molar-refractivity contribution in [3.8, 4) is 0 Å². The number of nitrogens with one attached hydrogen (secondary N) is 1. The summed E-state index contributed by atoms with van der Waals surface area (Å²) >= 11 is 6.81. The number of benzene rings is 2. The molecule has 1 amide bonds. The third-order valence-corrected chi connectivity index (χ3v) is 6.17. The first-order valence-corrected chi connectivity index (χ1v) is 11.4. The topological polar surface area (TPSA) is 63.1 Å². The molecule has 33 heavy (non-hydrogen) atoms. The lowest BCUT2D eigenvalue weighted by Crippen LogP contribution is -2.22. The van der Waals surface area contributed by atoms with E-state index < -0.39 is 17.6 Å². The summed E-state index contributed by atoms with van der Waals surface area (Å²) in [7, 11) is 3.85. The first-order valence-electron chi connectivity index (χ1n) is 9.99. The minimum Gasteiger partial charge on any atom is -0.325 e. The van der Waals surface area contributed by atoms with Gasteiger partial charge in [-0.2, -0.15) is 13.2 Å². The minimum atomic E-state index is -4.65. The normalized spacial score (nSPS) is 12.7. The van der Waals surface area contributed by atoms with Crippen LogP contribution in [0.3, 0.4) is 0 Å². The lowest BCUT2D eigenvalue weighted by molar-refractivity contribution is -0.137. The smallest absolute Gasteiger partial charge is 0.325 e. The van der Waals surface area contributed by atoms with Crippen molar-refractivity contribution in [3.05, 3.63) is 70.5 Å². The van der Waals surface area contributed by atoms with E-state index >= 15 is 0 Å². The zero-order valence-electron chi connectivity index (χ0n) is 18.2. The van der Waals surface area contributed by atoms with Crippen LogP contribution in [0.5, 0.6) is 0 Å². The molecule has 1 heterocycles. The van der Waals surface area contributed by atoms with Gasteiger partial charge in [0.25, 0.3) is 0 Å². The SMILES string of the molecule is CC(c1nnc(SCC(=O)Nc2ccc(Cl)cc2C(F)(F)F)n1Cc1ccccc1)N(C)C. The number of nitrogens with zero attached hydrogens (tertiary/aromatic N) is 4. The summed E-state index contributed by atoms with van der Waals surface area (Å²) in [6.07, 6.45) is -4.65. The van der Waals surface area contributed by atoms with Gasteiger partial charge in [-0.15, -0.1) is 10.2 Å². The van der Waals surface area contributed by atoms with Crippen molar-refractivity contribution in [2.75, 3.05) is 25.2 Å². The van der Waals surface area contributed by atoms with E-state index in [1.54, 1.807) is 0 Å². The van der Waals surface area contributed by atoms with Gasteiger partial charge >= 0.3 is 6.18 Å². The standard InChI is InChI=1S/C22H23ClF3N5OS/c1-14(30(2)3)20-28-29-21(31(20)12-15-7-5-4-6-8-15)33-13-19(32)27-18-10-9-16(23)11-17(18)22(24,25)26/h4-11,14H,12-13H2,1-3H3,(H,27,32). The van der Waals surface area contributed by atoms with Crippen molar-refractivity contribution in [2.24, 2.45) is 0 Å². The van der Waals surface area contributed by atoms with Gasteiger partial charge in [-0.1, -0.05) is 53.7 Å². The lowest BCUT2D eigenvalue weighted by Gasteiger charge is -2.20. The van der Waals surface area contributed by atoms with Crippen molar-refractivity contribution in [2.45, 2.75) is 30.8 Å². The van der Waals surface area contributed by atoms with Gasteiger partial charge in [0.2, 0.25) is 5.91 Å². The summed E-state index contributed by atoms with van der Waals surface area (Å²) in [5.74, 6) is -0.00321. The Kier molecular flexibility index (Phi) is 8.04. The second-order valence-corrected chi connectivity index (χ2v) is 8.96. The molecular weight excluding hydrogens is 475 g/mol. The van der Waals surface area contributed by atoms with Gasteiger partial charge in [-0.05, 0) is 44.8 Å². The van der Waals surface area contributed by atoms with Crippen LogP contribution < -0.4 is 5.32 Å². The van der Waals surface area contributed by atoms with E-state index in [-0.39, 0.29) is 22.5 Å². The van der Waals surface area contributed by atoms with E-state index in [4.69, 9.17) is 11.6 Å². The van der Waals surface area contributed by atoms with Crippen LogP contribution in [0, 0.1) is 0 Å². The van der Waals surface area contributed by atoms with E-state index in [0.717, 1.165) is 35.3 Å². The van der Waals surface area contributed by atoms with Crippen LogP contribution in [0.15, 0.2) is 53.7 Å². The summed E-state index contributed by atoms with van der Waals surface area (Å²) < 4.78 is 41.8. The third kappa shape index (κ3) is 6.49. The van der Waals surface area contributed by atoms with E-state index in [2.05, 4.69) is 15.5 Å². The zero-order chi connectivity index (χ0) is 24.2. The molecule has 2 aromatic carbocycles. The molecular formula is C22H23ClF3N5OS. The van der Waals surface area contributed by atoms with Crippen molar-refractivity contribution < 1.29 is 18.0 Å². The number of amides is 1. The fourth-order valence-electron chi connectivity index (χ4n) is 3.04. The molecule has 176 valence electrons. The quantitative estimate of drug-likeness (QED) is 0.425. The van der Waals surface area contributed by atoms with Gasteiger partial charge in [0.05, 0.1) is 29.6 Å². The highest BCUT2D eigenvalue weighted by Gasteiger charge is 2.34. The molecule has 0 spiro atoms. The van der Waals surface area contributed by atoms with E-state index in [1.807, 2.05) is 60.8 Å². The van der Waals surface area contributed by atoms with E-state index in [1.165, 1.54) is 6.07 Å². The average molecular weight is 498 g/mol. The molecule has 0 saturated carbocycles. The maximum Gasteiger partial charge on any atom is 0.418 e. The molecule has 1 aromatic heterocycles. The maximum atomic E-state index is 13.3. The Morgan fingerprint density at radius 3 is 2.52 bits per heavy atom. The second kappa shape index (κ2) is 10.6. The number of halogens is 4. The van der Waals surface area contributed by atoms with Crippen LogP contribution in [-0.2, 0) is 17.5 Å². The molecule has 3 aromatic rings. The van der Waals surface area contributed by atoms with Crippen molar-refractivity contribution in [3.63, 3.8) is 0 Å². The van der Waals surface area contributed by atoms with E-state index in [9.17, 15) is 18.0 Å². The molecule has 3 rings (SSSR count). The van der Waals surface area contributed by atoms with Gasteiger partial charge in [0, 0.05) is 5.02 Å². The summed E-state index contributed by atoms with van der Waals surface area (Å²) in [5.41, 5.74) is -0.306. The number of hydrogen-bond donors (Lipinski definition) is 1. The summed E-state index contributed by atoms with van der Waals surface area (Å²) in [4.78, 5) is 14.5. The number of alkyl halides is 3. The number of rotatable bonds is 8. The molecule has 0 aliphatic carbocycles. The Morgan fingerprint density at radius 2 is 1.88 bits per heavy atom. The highest BCUT2D eigenvalue weighted by atomic mass is 35.5. The van der Waals surface area contributed by atoms with Crippen LogP contribution in [0.4, 0.5) is 18.9 Å². The Morgan fingerprint density at radius 1 is 1.18 bits per heavy atom. The van der Waals surface area contributed by atoms with Crippen molar-refractivity contribution >= 4 is 35.0 Å². The minimum absolute atomic E-state index is 0.0344. The first-order chi connectivity index (χ1) is 15.6. The first kappa shape index (κ1) is 25.1. The Labute approximate surface area is 199 Å². The molecule has 1 unspecified atom stereocenters. The Hall–Kier alpha value is -2.56. The Bertz CT molecular complexity index is 1110. The highest BCUT2D eigenvalue weighted by molar-refractivity contribution is 7.99. The van der Waals surface area contributed by atoms with Crippen LogP contribution in [-0.4, -0.2) is 45.4 Å². The van der Waals surface area contributed by atoms with Crippen molar-refractivity contribution in [1.29, 1.82) is 0 Å². The molecule has 11 heteroatoms. The summed E-state index contributed by atoms with van der Waals surface area (Å²) in [6.45, 7) is 2.49. The van der Waals surface area contributed by atoms with Gasteiger partial charge in [-0.25, -0.2) is 0 Å². The fraction of sp³-hybridized carbons (Fsp3) is 0.318. The predicted molar refractivity (Wildman–Crippen MR) is 123 cm³/mol. The number of carbonyl (C=O) groups excluding carboxylic acids is 1. The number of aromatic nitrogens is 3. The molecule has 0 fully saturated rings. The lowest BCUT2D eigenvalue weighted by atomic mass is 10.1. The molecule has 0 bridgehead atoms. The van der Waals surface area contributed by atoms with Gasteiger partial charge in [0.15, 0.2) is 11.0 Å². The molecule has 0 aliphatic rings. The van der Waals surface area contributed by atoms with Crippen LogP contribution in [0.25, 0.3) is 0 Å². The predicted octanol–water partition coefficient (Wildman–Crippen LogP) is 5.35. The van der Waals surface area contributed by atoms with Gasteiger partial charge in [0.1, 0.15) is 0 Å². The van der Waals surface area contributed by atoms with Gasteiger partial charge < -0.3 is 9.88 Å². The molecule has 0 saturated heterocycles. The van der Waals surface area contributed by atoms with Crippen LogP contribution in [0.2, 0.25) is 5.02 Å². The highest BCUT2D eigenvalue weighted by Crippen LogP contribution is 2.36. The van der Waals surface area contributed by atoms with Crippen LogP contribution in [0.1, 0.15) is 29.9 Å². The molecule has 1 N–H and O–H groups in total. The third-order valence-electron chi connectivity index (χ3n) is 4.97. The van der Waals surface area contributed by atoms with Crippen molar-refractivity contribution in [1.82, 2.24) is 19.7 Å². The largest absolute Gasteiger partial charge is 0.418 e. The van der Waals surface area contributed by atoms with Crippen LogP contribution >= 0.6 is 23.4 Å². The average Bonchev–Trinajstić information content (AvgIpc) is 3.15. The van der Waals surface area contributed by atoms with E-state index in [0.29, 0.717) is 11.7 Å². The number of thioether (sulfide) groups is 1. The summed E-state index contributed by atoms with van der Waals surface area (Å²) in [6, 6.07) is 12.9. The fourth-order valence-corrected chi connectivity index (χ4v) is 3.95. The number of carbonyl (C=O) groups is 1. The second-order valence-electron chi connectivity index (χ2n) is 7.58.